The maximum absolute atomic E-state index is 12.7. The summed E-state index contributed by atoms with van der Waals surface area (Å²) in [7, 11) is -3.05. The van der Waals surface area contributed by atoms with Gasteiger partial charge in [0.15, 0.2) is 15.7 Å². The Labute approximate surface area is 183 Å². The van der Waals surface area contributed by atoms with E-state index in [1.807, 2.05) is 25.1 Å². The van der Waals surface area contributed by atoms with Crippen LogP contribution in [0.2, 0.25) is 0 Å². The van der Waals surface area contributed by atoms with Crippen LogP contribution >= 0.6 is 0 Å². The molecule has 1 aromatic heterocycles. The number of anilines is 4. The Bertz CT molecular complexity index is 1100. The molecule has 0 aliphatic carbocycles. The lowest BCUT2D eigenvalue weighted by Gasteiger charge is -2.31. The number of hydrogen-bond donors (Lipinski definition) is 1. The molecule has 9 heteroatoms. The molecule has 0 bridgehead atoms. The molecule has 2 aliphatic heterocycles. The number of carbonyl (C=O) groups excluding carboxylic acids is 1. The van der Waals surface area contributed by atoms with Gasteiger partial charge in [-0.1, -0.05) is 19.9 Å². The van der Waals surface area contributed by atoms with Crippen molar-refractivity contribution in [2.24, 2.45) is 0 Å². The Balaban J connectivity index is 1.69. The average molecular weight is 444 g/mol. The zero-order valence-corrected chi connectivity index (χ0v) is 19.1. The molecular weight excluding hydrogens is 414 g/mol. The number of hydrogen-bond acceptors (Lipinski definition) is 7. The quantitative estimate of drug-likeness (QED) is 0.731. The Hall–Kier alpha value is -2.68. The highest BCUT2D eigenvalue weighted by Gasteiger charge is 2.30. The van der Waals surface area contributed by atoms with Crippen molar-refractivity contribution in [2.75, 3.05) is 28.2 Å². The molecule has 0 radical (unpaired) electrons. The van der Waals surface area contributed by atoms with Gasteiger partial charge in [0.1, 0.15) is 5.69 Å². The third-order valence-corrected chi connectivity index (χ3v) is 7.59. The first-order valence-electron chi connectivity index (χ1n) is 10.9. The van der Waals surface area contributed by atoms with Gasteiger partial charge in [0.2, 0.25) is 11.9 Å². The van der Waals surface area contributed by atoms with Crippen LogP contribution in [0.15, 0.2) is 24.4 Å². The summed E-state index contributed by atoms with van der Waals surface area (Å²) in [5.74, 6) is 1.45. The molecule has 8 nitrogen and oxygen atoms in total. The van der Waals surface area contributed by atoms with E-state index in [0.29, 0.717) is 25.5 Å². The fourth-order valence-electron chi connectivity index (χ4n) is 4.48. The topological polar surface area (TPSA) is 95.5 Å². The maximum Gasteiger partial charge on any atom is 0.229 e. The summed E-state index contributed by atoms with van der Waals surface area (Å²) >= 11 is 0. The Morgan fingerprint density at radius 3 is 2.58 bits per heavy atom. The van der Waals surface area contributed by atoms with Gasteiger partial charge in [-0.05, 0) is 43.0 Å². The van der Waals surface area contributed by atoms with Crippen molar-refractivity contribution in [3.8, 4) is 0 Å². The largest absolute Gasteiger partial charge is 0.351 e. The number of nitrogens with one attached hydrogen (secondary N) is 1. The van der Waals surface area contributed by atoms with Crippen LogP contribution in [0.1, 0.15) is 51.2 Å². The molecule has 0 unspecified atom stereocenters. The second-order valence-corrected chi connectivity index (χ2v) is 10.2. The highest BCUT2D eigenvalue weighted by molar-refractivity contribution is 7.90. The predicted octanol–water partition coefficient (Wildman–Crippen LogP) is 3.40. The van der Waals surface area contributed by atoms with Crippen LogP contribution in [0.3, 0.4) is 0 Å². The van der Waals surface area contributed by atoms with Crippen molar-refractivity contribution in [1.29, 1.82) is 0 Å². The minimum Gasteiger partial charge on any atom is -0.351 e. The molecule has 0 saturated heterocycles. The second kappa shape index (κ2) is 8.45. The summed E-state index contributed by atoms with van der Waals surface area (Å²) in [6.45, 7) is 7.45. The Morgan fingerprint density at radius 1 is 1.13 bits per heavy atom. The number of fused-ring (bicyclic) bond motifs is 2. The van der Waals surface area contributed by atoms with E-state index >= 15 is 0 Å². The van der Waals surface area contributed by atoms with Gasteiger partial charge in [-0.3, -0.25) is 4.79 Å². The minimum atomic E-state index is -3.05. The van der Waals surface area contributed by atoms with Gasteiger partial charge in [-0.2, -0.15) is 4.98 Å². The molecular formula is C22H29N5O3S. The van der Waals surface area contributed by atoms with Gasteiger partial charge < -0.3 is 15.1 Å². The fraction of sp³-hybridized carbons (Fsp3) is 0.500. The fourth-order valence-corrected chi connectivity index (χ4v) is 6.08. The maximum atomic E-state index is 12.7. The third kappa shape index (κ3) is 4.23. The number of sulfone groups is 1. The minimum absolute atomic E-state index is 0.0684. The first-order valence-corrected chi connectivity index (χ1v) is 12.7. The molecule has 31 heavy (non-hydrogen) atoms. The monoisotopic (exact) mass is 443 g/mol. The molecule has 0 saturated carbocycles. The second-order valence-electron chi connectivity index (χ2n) is 8.09. The van der Waals surface area contributed by atoms with Crippen LogP contribution < -0.4 is 15.1 Å². The molecule has 4 rings (SSSR count). The van der Waals surface area contributed by atoms with Gasteiger partial charge in [0.05, 0.1) is 17.7 Å². The van der Waals surface area contributed by atoms with Crippen molar-refractivity contribution < 1.29 is 13.2 Å². The molecule has 0 spiro atoms. The molecule has 1 aromatic carbocycles. The van der Waals surface area contributed by atoms with E-state index in [0.717, 1.165) is 41.2 Å². The van der Waals surface area contributed by atoms with Crippen LogP contribution in [-0.2, 0) is 26.1 Å². The number of rotatable bonds is 6. The van der Waals surface area contributed by atoms with Crippen LogP contribution in [0, 0.1) is 0 Å². The summed E-state index contributed by atoms with van der Waals surface area (Å²) < 4.78 is 23.8. The van der Waals surface area contributed by atoms with Crippen molar-refractivity contribution in [3.63, 3.8) is 0 Å². The molecule has 1 N–H and O–H groups in total. The highest BCUT2D eigenvalue weighted by atomic mass is 32.2. The Morgan fingerprint density at radius 2 is 1.87 bits per heavy atom. The lowest BCUT2D eigenvalue weighted by molar-refractivity contribution is -0.118. The number of amides is 1. The zero-order chi connectivity index (χ0) is 22.2. The van der Waals surface area contributed by atoms with Gasteiger partial charge in [-0.15, -0.1) is 0 Å². The van der Waals surface area contributed by atoms with E-state index in [-0.39, 0.29) is 23.5 Å². The molecule has 0 fully saturated rings. The van der Waals surface area contributed by atoms with Crippen molar-refractivity contribution in [3.05, 3.63) is 35.5 Å². The van der Waals surface area contributed by atoms with Gasteiger partial charge in [0.25, 0.3) is 0 Å². The molecule has 0 atom stereocenters. The first kappa shape index (κ1) is 21.5. The summed E-state index contributed by atoms with van der Waals surface area (Å²) in [4.78, 5) is 25.9. The summed E-state index contributed by atoms with van der Waals surface area (Å²) in [5.41, 5.74) is 3.16. The molecule has 2 aromatic rings. The Kier molecular flexibility index (Phi) is 5.88. The van der Waals surface area contributed by atoms with E-state index in [4.69, 9.17) is 4.98 Å². The lowest BCUT2D eigenvalue weighted by Crippen LogP contribution is -2.36. The SMILES string of the molecule is CCC(CC)N1CCC(=O)N(CC)c2cnc(Nc3ccc4c(c3)CS(=O)(=O)C4)nc21. The third-order valence-electron chi connectivity index (χ3n) is 6.09. The number of carbonyl (C=O) groups is 1. The zero-order valence-electron chi connectivity index (χ0n) is 18.3. The van der Waals surface area contributed by atoms with Crippen LogP contribution in [-0.4, -0.2) is 43.4 Å². The molecule has 166 valence electrons. The molecule has 1 amide bonds. The number of nitrogens with zero attached hydrogens (tertiary/aromatic N) is 4. The predicted molar refractivity (Wildman–Crippen MR) is 122 cm³/mol. The van der Waals surface area contributed by atoms with E-state index in [1.54, 1.807) is 11.1 Å². The van der Waals surface area contributed by atoms with Crippen LogP contribution in [0.5, 0.6) is 0 Å². The van der Waals surface area contributed by atoms with E-state index in [2.05, 4.69) is 29.0 Å². The smallest absolute Gasteiger partial charge is 0.229 e. The van der Waals surface area contributed by atoms with Crippen molar-refractivity contribution in [2.45, 2.75) is 57.6 Å². The lowest BCUT2D eigenvalue weighted by atomic mass is 10.1. The molecule has 2 aliphatic rings. The van der Waals surface area contributed by atoms with E-state index in [9.17, 15) is 13.2 Å². The highest BCUT2D eigenvalue weighted by Crippen LogP contribution is 2.34. The van der Waals surface area contributed by atoms with E-state index in [1.165, 1.54) is 0 Å². The van der Waals surface area contributed by atoms with Gasteiger partial charge in [-0.25, -0.2) is 13.4 Å². The van der Waals surface area contributed by atoms with Crippen LogP contribution in [0.4, 0.5) is 23.1 Å². The number of benzene rings is 1. The first-order chi connectivity index (χ1) is 14.8. The average Bonchev–Trinajstić information content (AvgIpc) is 2.97. The summed E-state index contributed by atoms with van der Waals surface area (Å²) in [6.07, 6.45) is 4.08. The van der Waals surface area contributed by atoms with Gasteiger partial charge in [0, 0.05) is 31.2 Å². The van der Waals surface area contributed by atoms with Crippen molar-refractivity contribution in [1.82, 2.24) is 9.97 Å². The normalized spacial score (nSPS) is 17.5. The molecule has 3 heterocycles. The van der Waals surface area contributed by atoms with Crippen LogP contribution in [0.25, 0.3) is 0 Å². The number of aromatic nitrogens is 2. The standard InChI is InChI=1S/C22H29N5O3S/c1-4-18(5-2)27-10-9-20(28)26(6-3)19-12-23-22(25-21(19)27)24-17-8-7-15-13-31(29,30)14-16(15)11-17/h7-8,11-12,18H,4-6,9-10,13-14H2,1-3H3,(H,23,24,25). The van der Waals surface area contributed by atoms with E-state index < -0.39 is 9.84 Å². The van der Waals surface area contributed by atoms with Crippen molar-refractivity contribution >= 4 is 38.9 Å². The van der Waals surface area contributed by atoms with Gasteiger partial charge >= 0.3 is 0 Å². The summed E-state index contributed by atoms with van der Waals surface area (Å²) in [5, 5.41) is 3.22. The summed E-state index contributed by atoms with van der Waals surface area (Å²) in [6, 6.07) is 5.85.